The van der Waals surface area contributed by atoms with Gasteiger partial charge in [0.2, 0.25) is 0 Å². The molecule has 0 heteroatoms. The van der Waals surface area contributed by atoms with Gasteiger partial charge in [0.25, 0.3) is 0 Å². The predicted molar refractivity (Wildman–Crippen MR) is 217 cm³/mol. The molecule has 50 heavy (non-hydrogen) atoms. The lowest BCUT2D eigenvalue weighted by Gasteiger charge is -2.41. The SMILES string of the molecule is Cc1cc(C)c2c(C)cc3c(c2c1)C1(C=C(C(C)(C)C)C=C(C(C)(C)C)C1)c1ccc2c(c1-3)C(C)(C)C1=C2C(C)(C)c2ccc(C(C)C)cc21. The molecule has 0 saturated heterocycles. The zero-order valence-corrected chi connectivity index (χ0v) is 33.6. The fourth-order valence-electron chi connectivity index (χ4n) is 10.8. The molecule has 0 heterocycles. The number of benzene rings is 4. The number of allylic oxidation sites excluding steroid dienone is 6. The van der Waals surface area contributed by atoms with Gasteiger partial charge >= 0.3 is 0 Å². The topological polar surface area (TPSA) is 0 Å². The van der Waals surface area contributed by atoms with E-state index in [2.05, 4.69) is 165 Å². The first-order valence-electron chi connectivity index (χ1n) is 19.2. The van der Waals surface area contributed by atoms with Crippen molar-refractivity contribution in [3.8, 4) is 11.1 Å². The maximum atomic E-state index is 2.73. The van der Waals surface area contributed by atoms with E-state index < -0.39 is 0 Å². The summed E-state index contributed by atoms with van der Waals surface area (Å²) in [5.41, 5.74) is 23.3. The second-order valence-corrected chi connectivity index (χ2v) is 19.9. The van der Waals surface area contributed by atoms with Crippen LogP contribution in [-0.2, 0) is 16.2 Å². The molecule has 4 aliphatic rings. The van der Waals surface area contributed by atoms with Crippen molar-refractivity contribution in [3.63, 3.8) is 0 Å². The third-order valence-corrected chi connectivity index (χ3v) is 13.3. The van der Waals surface area contributed by atoms with Gasteiger partial charge in [0.15, 0.2) is 0 Å². The summed E-state index contributed by atoms with van der Waals surface area (Å²) < 4.78 is 0. The number of aryl methyl sites for hydroxylation is 3. The predicted octanol–water partition coefficient (Wildman–Crippen LogP) is 14.0. The molecule has 0 N–H and O–H groups in total. The van der Waals surface area contributed by atoms with E-state index >= 15 is 0 Å². The molecule has 4 aromatic rings. The van der Waals surface area contributed by atoms with Crippen LogP contribution in [0.4, 0.5) is 0 Å². The minimum atomic E-state index is -0.243. The molecule has 1 unspecified atom stereocenters. The average molecular weight is 659 g/mol. The maximum Gasteiger partial charge on any atom is 0.0443 e. The third-order valence-electron chi connectivity index (χ3n) is 13.3. The van der Waals surface area contributed by atoms with Crippen LogP contribution in [0.2, 0.25) is 0 Å². The summed E-state index contributed by atoms with van der Waals surface area (Å²) >= 11 is 0. The van der Waals surface area contributed by atoms with Gasteiger partial charge < -0.3 is 0 Å². The van der Waals surface area contributed by atoms with Gasteiger partial charge in [-0.15, -0.1) is 0 Å². The monoisotopic (exact) mass is 658 g/mol. The summed E-state index contributed by atoms with van der Waals surface area (Å²) in [5, 5.41) is 2.89. The summed E-state index contributed by atoms with van der Waals surface area (Å²) in [7, 11) is 0. The van der Waals surface area contributed by atoms with Gasteiger partial charge in [-0.1, -0.05) is 155 Å². The molecular weight excluding hydrogens is 601 g/mol. The molecular formula is C50H58. The Morgan fingerprint density at radius 1 is 0.640 bits per heavy atom. The van der Waals surface area contributed by atoms with Gasteiger partial charge in [0, 0.05) is 16.2 Å². The molecule has 0 radical (unpaired) electrons. The van der Waals surface area contributed by atoms with Crippen molar-refractivity contribution in [2.45, 2.75) is 132 Å². The highest BCUT2D eigenvalue weighted by Gasteiger charge is 2.55. The van der Waals surface area contributed by atoms with Crippen LogP contribution in [0.25, 0.3) is 33.0 Å². The van der Waals surface area contributed by atoms with Gasteiger partial charge in [-0.3, -0.25) is 0 Å². The summed E-state index contributed by atoms with van der Waals surface area (Å²) in [5.74, 6) is 0.499. The lowest BCUT2D eigenvalue weighted by atomic mass is 9.62. The first kappa shape index (κ1) is 33.5. The molecule has 8 rings (SSSR count). The molecule has 0 nitrogen and oxygen atoms in total. The smallest absolute Gasteiger partial charge is 0.0443 e. The van der Waals surface area contributed by atoms with Gasteiger partial charge in [-0.2, -0.15) is 0 Å². The highest BCUT2D eigenvalue weighted by atomic mass is 14.6. The van der Waals surface area contributed by atoms with E-state index in [0.29, 0.717) is 5.92 Å². The average Bonchev–Trinajstić information content (AvgIpc) is 3.51. The van der Waals surface area contributed by atoms with Crippen LogP contribution in [0.1, 0.15) is 151 Å². The molecule has 0 bridgehead atoms. The lowest BCUT2D eigenvalue weighted by Crippen LogP contribution is -2.32. The van der Waals surface area contributed by atoms with E-state index in [-0.39, 0.29) is 27.1 Å². The van der Waals surface area contributed by atoms with Crippen molar-refractivity contribution < 1.29 is 0 Å². The Morgan fingerprint density at radius 3 is 1.92 bits per heavy atom. The van der Waals surface area contributed by atoms with E-state index in [1.54, 1.807) is 22.3 Å². The molecule has 1 spiro atoms. The number of hydrogen-bond donors (Lipinski definition) is 0. The van der Waals surface area contributed by atoms with E-state index in [4.69, 9.17) is 0 Å². The van der Waals surface area contributed by atoms with Crippen molar-refractivity contribution >= 4 is 21.9 Å². The molecule has 258 valence electrons. The second kappa shape index (κ2) is 10.0. The lowest BCUT2D eigenvalue weighted by molar-refractivity contribution is 0.432. The largest absolute Gasteiger partial charge is 0.0655 e. The summed E-state index contributed by atoms with van der Waals surface area (Å²) in [6, 6.07) is 20.0. The van der Waals surface area contributed by atoms with Gasteiger partial charge in [-0.05, 0) is 133 Å². The number of rotatable bonds is 1. The van der Waals surface area contributed by atoms with Crippen LogP contribution >= 0.6 is 0 Å². The van der Waals surface area contributed by atoms with Gasteiger partial charge in [0.05, 0.1) is 0 Å². The van der Waals surface area contributed by atoms with Crippen LogP contribution < -0.4 is 0 Å². The maximum absolute atomic E-state index is 2.73. The molecule has 0 fully saturated rings. The zero-order valence-electron chi connectivity index (χ0n) is 33.6. The van der Waals surface area contributed by atoms with Crippen LogP contribution in [0.3, 0.4) is 0 Å². The molecule has 1 atom stereocenters. The second-order valence-electron chi connectivity index (χ2n) is 19.9. The molecule has 4 aromatic carbocycles. The standard InChI is InChI=1S/C50H58/c1-27(2)31-16-18-38-35(23-31)45-44(48(38,12)13)34-17-19-39-41(43(34)49(45,14)15)37-22-30(5)40-29(4)20-28(3)21-36(40)42(37)50(39)25-32(46(6,7)8)24-33(26-50)47(9,10)11/h16-25,27H,26H2,1-15H3. The first-order valence-corrected chi connectivity index (χ1v) is 19.2. The van der Waals surface area contributed by atoms with Gasteiger partial charge in [0.1, 0.15) is 0 Å². The summed E-state index contributed by atoms with van der Waals surface area (Å²) in [6.07, 6.45) is 6.30. The van der Waals surface area contributed by atoms with Crippen molar-refractivity contribution in [1.29, 1.82) is 0 Å². The molecule has 0 saturated carbocycles. The Hall–Kier alpha value is -3.64. The molecule has 0 aromatic heterocycles. The Kier molecular flexibility index (Phi) is 6.72. The van der Waals surface area contributed by atoms with E-state index in [1.165, 1.54) is 77.5 Å². The summed E-state index contributed by atoms with van der Waals surface area (Å²) in [6.45, 7) is 36.1. The van der Waals surface area contributed by atoms with Crippen LogP contribution in [0.5, 0.6) is 0 Å². The minimum Gasteiger partial charge on any atom is -0.0655 e. The third kappa shape index (κ3) is 4.23. The number of fused-ring (bicyclic) bond motifs is 12. The van der Waals surface area contributed by atoms with E-state index in [0.717, 1.165) is 6.42 Å². The van der Waals surface area contributed by atoms with Crippen molar-refractivity contribution in [2.24, 2.45) is 10.8 Å². The van der Waals surface area contributed by atoms with Crippen LogP contribution in [0, 0.1) is 31.6 Å². The van der Waals surface area contributed by atoms with Crippen molar-refractivity contribution in [3.05, 3.63) is 127 Å². The number of hydrogen-bond acceptors (Lipinski definition) is 0. The Balaban J connectivity index is 1.52. The van der Waals surface area contributed by atoms with Crippen LogP contribution in [-0.4, -0.2) is 0 Å². The van der Waals surface area contributed by atoms with Crippen LogP contribution in [0.15, 0.2) is 71.8 Å². The highest BCUT2D eigenvalue weighted by Crippen LogP contribution is 2.68. The zero-order chi connectivity index (χ0) is 36.2. The first-order chi connectivity index (χ1) is 23.1. The Morgan fingerprint density at radius 2 is 1.28 bits per heavy atom. The van der Waals surface area contributed by atoms with Crippen molar-refractivity contribution in [1.82, 2.24) is 0 Å². The molecule has 0 amide bonds. The van der Waals surface area contributed by atoms with E-state index in [9.17, 15) is 0 Å². The molecule has 4 aliphatic carbocycles. The normalized spacial score (nSPS) is 21.4. The van der Waals surface area contributed by atoms with E-state index in [1.807, 2.05) is 0 Å². The highest BCUT2D eigenvalue weighted by molar-refractivity contribution is 6.13. The van der Waals surface area contributed by atoms with Gasteiger partial charge in [-0.25, -0.2) is 0 Å². The van der Waals surface area contributed by atoms with Crippen molar-refractivity contribution in [2.75, 3.05) is 0 Å². The molecule has 0 aliphatic heterocycles. The fourth-order valence-corrected chi connectivity index (χ4v) is 10.8. The quantitative estimate of drug-likeness (QED) is 0.191. The Bertz CT molecular complexity index is 2290. The fraction of sp³-hybridized carbons (Fsp3) is 0.440. The summed E-state index contributed by atoms with van der Waals surface area (Å²) in [4.78, 5) is 0. The minimum absolute atomic E-state index is 0.0275. The Labute approximate surface area is 302 Å².